The molecule has 0 spiro atoms. The molecule has 8 heteroatoms. The van der Waals surface area contributed by atoms with Gasteiger partial charge in [0.05, 0.1) is 31.6 Å². The van der Waals surface area contributed by atoms with E-state index >= 15 is 0 Å². The van der Waals surface area contributed by atoms with Crippen molar-refractivity contribution < 1.29 is 14.3 Å². The van der Waals surface area contributed by atoms with Crippen LogP contribution in [0.2, 0.25) is 0 Å². The summed E-state index contributed by atoms with van der Waals surface area (Å²) in [5, 5.41) is 8.30. The number of nitrogens with zero attached hydrogens (tertiary/aromatic N) is 4. The van der Waals surface area contributed by atoms with Crippen molar-refractivity contribution in [2.45, 2.75) is 40.5 Å². The second-order valence-corrected chi connectivity index (χ2v) is 8.22. The predicted molar refractivity (Wildman–Crippen MR) is 101 cm³/mol. The molecule has 0 unspecified atom stereocenters. The highest BCUT2D eigenvalue weighted by Gasteiger charge is 2.29. The third-order valence-electron chi connectivity index (χ3n) is 4.14. The third kappa shape index (κ3) is 4.31. The van der Waals surface area contributed by atoms with Crippen LogP contribution in [-0.2, 0) is 20.8 Å². The minimum absolute atomic E-state index is 0.0215. The Labute approximate surface area is 161 Å². The van der Waals surface area contributed by atoms with Gasteiger partial charge in [-0.3, -0.25) is 9.69 Å². The zero-order chi connectivity index (χ0) is 18.9. The van der Waals surface area contributed by atoms with E-state index in [1.807, 2.05) is 25.1 Å². The van der Waals surface area contributed by atoms with Crippen LogP contribution in [0.3, 0.4) is 0 Å². The molecule has 1 saturated heterocycles. The first-order valence-electron chi connectivity index (χ1n) is 8.45. The maximum atomic E-state index is 12.3. The number of anilines is 2. The van der Waals surface area contributed by atoms with Crippen LogP contribution in [0.15, 0.2) is 28.9 Å². The molecule has 26 heavy (non-hydrogen) atoms. The maximum Gasteiger partial charge on any atom is 0.229 e. The molecule has 0 radical (unpaired) electrons. The monoisotopic (exact) mass is 422 g/mol. The van der Waals surface area contributed by atoms with Crippen LogP contribution >= 0.6 is 15.9 Å². The summed E-state index contributed by atoms with van der Waals surface area (Å²) in [6.45, 7) is 9.35. The fourth-order valence-electron chi connectivity index (χ4n) is 2.74. The molecule has 2 aromatic rings. The van der Waals surface area contributed by atoms with Gasteiger partial charge in [-0.1, -0.05) is 41.1 Å². The maximum absolute atomic E-state index is 12.3. The molecule has 1 aromatic heterocycles. The van der Waals surface area contributed by atoms with E-state index in [2.05, 4.69) is 40.1 Å². The predicted octanol–water partition coefficient (Wildman–Crippen LogP) is 3.43. The molecule has 1 aliphatic heterocycles. The van der Waals surface area contributed by atoms with Gasteiger partial charge in [0.2, 0.25) is 5.91 Å². The van der Waals surface area contributed by atoms with Crippen molar-refractivity contribution in [1.29, 1.82) is 0 Å². The van der Waals surface area contributed by atoms with Gasteiger partial charge in [0.1, 0.15) is 0 Å². The van der Waals surface area contributed by atoms with E-state index < -0.39 is 0 Å². The van der Waals surface area contributed by atoms with Crippen LogP contribution in [0.5, 0.6) is 0 Å². The van der Waals surface area contributed by atoms with Gasteiger partial charge in [0.15, 0.2) is 12.1 Å². The molecule has 0 saturated carbocycles. The number of benzene rings is 1. The lowest BCUT2D eigenvalue weighted by molar-refractivity contribution is -0.227. The average molecular weight is 423 g/mol. The van der Waals surface area contributed by atoms with E-state index in [4.69, 9.17) is 9.47 Å². The van der Waals surface area contributed by atoms with Crippen molar-refractivity contribution in [2.24, 2.45) is 5.41 Å². The van der Waals surface area contributed by atoms with Crippen molar-refractivity contribution in [3.8, 4) is 0 Å². The first-order chi connectivity index (χ1) is 12.2. The lowest BCUT2D eigenvalue weighted by Crippen LogP contribution is -2.39. The Bertz CT molecular complexity index is 795. The van der Waals surface area contributed by atoms with Crippen LogP contribution in [-0.4, -0.2) is 40.4 Å². The molecule has 0 aliphatic carbocycles. The Morgan fingerprint density at radius 1 is 1.38 bits per heavy atom. The van der Waals surface area contributed by atoms with Crippen LogP contribution in [0, 0.1) is 12.3 Å². The number of halogens is 1. The van der Waals surface area contributed by atoms with Crippen LogP contribution in [0.4, 0.5) is 11.5 Å². The summed E-state index contributed by atoms with van der Waals surface area (Å²) in [7, 11) is 0. The van der Waals surface area contributed by atoms with Gasteiger partial charge in [0, 0.05) is 16.8 Å². The molecule has 0 atom stereocenters. The van der Waals surface area contributed by atoms with Crippen molar-refractivity contribution in [3.05, 3.63) is 34.4 Å². The normalized spacial score (nSPS) is 17.3. The summed E-state index contributed by atoms with van der Waals surface area (Å²) < 4.78 is 14.0. The van der Waals surface area contributed by atoms with Gasteiger partial charge in [0.25, 0.3) is 0 Å². The van der Waals surface area contributed by atoms with Gasteiger partial charge < -0.3 is 9.47 Å². The zero-order valence-electron chi connectivity index (χ0n) is 15.4. The van der Waals surface area contributed by atoms with Crippen molar-refractivity contribution in [2.75, 3.05) is 18.1 Å². The minimum Gasteiger partial charge on any atom is -0.350 e. The van der Waals surface area contributed by atoms with Crippen molar-refractivity contribution in [3.63, 3.8) is 0 Å². The quantitative estimate of drug-likeness (QED) is 0.754. The lowest BCUT2D eigenvalue weighted by atomic mass is 9.96. The Balaban J connectivity index is 1.78. The Kier molecular flexibility index (Phi) is 5.45. The smallest absolute Gasteiger partial charge is 0.229 e. The highest BCUT2D eigenvalue weighted by atomic mass is 79.9. The number of carbonyl (C=O) groups excluding carboxylic acids is 1. The minimum atomic E-state index is -0.365. The molecule has 3 rings (SSSR count). The summed E-state index contributed by atoms with van der Waals surface area (Å²) in [6.07, 6.45) is 1.37. The number of amides is 1. The number of aryl methyl sites for hydroxylation is 1. The van der Waals surface area contributed by atoms with Crippen molar-refractivity contribution in [1.82, 2.24) is 15.0 Å². The molecule has 1 fully saturated rings. The molecule has 140 valence electrons. The largest absolute Gasteiger partial charge is 0.350 e. The van der Waals surface area contributed by atoms with Crippen LogP contribution in [0.1, 0.15) is 26.3 Å². The molecule has 0 bridgehead atoms. The van der Waals surface area contributed by atoms with E-state index in [0.717, 1.165) is 15.7 Å². The molecule has 0 N–H and O–H groups in total. The SMILES string of the molecule is CC(=O)N(c1cn(CC2OCC(C)(C)CO2)nn1)c1cc(Br)ccc1C. The van der Waals surface area contributed by atoms with Gasteiger partial charge in [-0.15, -0.1) is 5.10 Å². The lowest BCUT2D eigenvalue weighted by Gasteiger charge is -2.34. The van der Waals surface area contributed by atoms with E-state index in [9.17, 15) is 4.79 Å². The summed E-state index contributed by atoms with van der Waals surface area (Å²) in [5.74, 6) is 0.333. The summed E-state index contributed by atoms with van der Waals surface area (Å²) in [5.41, 5.74) is 1.76. The fraction of sp³-hybridized carbons (Fsp3) is 0.500. The number of hydrogen-bond donors (Lipinski definition) is 0. The molecule has 1 amide bonds. The van der Waals surface area contributed by atoms with Gasteiger partial charge >= 0.3 is 0 Å². The fourth-order valence-corrected chi connectivity index (χ4v) is 3.09. The Morgan fingerprint density at radius 3 is 2.73 bits per heavy atom. The highest BCUT2D eigenvalue weighted by Crippen LogP contribution is 2.30. The van der Waals surface area contributed by atoms with E-state index in [1.165, 1.54) is 6.92 Å². The van der Waals surface area contributed by atoms with Crippen LogP contribution < -0.4 is 4.90 Å². The van der Waals surface area contributed by atoms with E-state index in [0.29, 0.717) is 25.6 Å². The van der Waals surface area contributed by atoms with Crippen LogP contribution in [0.25, 0.3) is 0 Å². The van der Waals surface area contributed by atoms with E-state index in [1.54, 1.807) is 15.8 Å². The average Bonchev–Trinajstić information content (AvgIpc) is 3.01. The molecular formula is C18H23BrN4O3. The first kappa shape index (κ1) is 19.0. The summed E-state index contributed by atoms with van der Waals surface area (Å²) in [6, 6.07) is 5.78. The number of ether oxygens (including phenoxy) is 2. The standard InChI is InChI=1S/C18H23BrN4O3/c1-12-5-6-14(19)7-15(12)23(13(2)24)16-8-22(21-20-16)9-17-25-10-18(3,4)11-26-17/h5-8,17H,9-11H2,1-4H3. The van der Waals surface area contributed by atoms with E-state index in [-0.39, 0.29) is 17.6 Å². The molecular weight excluding hydrogens is 400 g/mol. The summed E-state index contributed by atoms with van der Waals surface area (Å²) in [4.78, 5) is 13.8. The number of carbonyl (C=O) groups is 1. The van der Waals surface area contributed by atoms with Gasteiger partial charge in [-0.2, -0.15) is 0 Å². The third-order valence-corrected chi connectivity index (χ3v) is 4.63. The molecule has 2 heterocycles. The molecule has 1 aromatic carbocycles. The number of rotatable bonds is 4. The van der Waals surface area contributed by atoms with Crippen molar-refractivity contribution >= 4 is 33.3 Å². The molecule has 7 nitrogen and oxygen atoms in total. The molecule has 1 aliphatic rings. The van der Waals surface area contributed by atoms with Gasteiger partial charge in [-0.05, 0) is 24.6 Å². The second kappa shape index (κ2) is 7.46. The Hall–Kier alpha value is -1.77. The summed E-state index contributed by atoms with van der Waals surface area (Å²) >= 11 is 3.45. The highest BCUT2D eigenvalue weighted by molar-refractivity contribution is 9.10. The number of aromatic nitrogens is 3. The van der Waals surface area contributed by atoms with Gasteiger partial charge in [-0.25, -0.2) is 4.68 Å². The zero-order valence-corrected chi connectivity index (χ0v) is 17.0. The number of hydrogen-bond acceptors (Lipinski definition) is 5. The first-order valence-corrected chi connectivity index (χ1v) is 9.25. The topological polar surface area (TPSA) is 69.5 Å². The second-order valence-electron chi connectivity index (χ2n) is 7.30. The Morgan fingerprint density at radius 2 is 2.08 bits per heavy atom.